The van der Waals surface area contributed by atoms with E-state index in [1.165, 1.54) is 30.3 Å². The third-order valence-electron chi connectivity index (χ3n) is 4.12. The van der Waals surface area contributed by atoms with E-state index in [1.807, 2.05) is 0 Å². The van der Waals surface area contributed by atoms with Crippen molar-refractivity contribution >= 4 is 35.0 Å². The van der Waals surface area contributed by atoms with Gasteiger partial charge in [-0.05, 0) is 47.2 Å². The maximum absolute atomic E-state index is 14.4. The lowest BCUT2D eigenvalue weighted by molar-refractivity contribution is -0.142. The molecule has 1 saturated heterocycles. The van der Waals surface area contributed by atoms with Gasteiger partial charge in [-0.1, -0.05) is 18.2 Å². The van der Waals surface area contributed by atoms with Crippen LogP contribution in [0.15, 0.2) is 41.3 Å². The van der Waals surface area contributed by atoms with Gasteiger partial charge in [0.15, 0.2) is 11.6 Å². The largest absolute Gasteiger partial charge is 0.468 e. The molecule has 2 aromatic carbocycles. The number of hydrogen-bond donors (Lipinski definition) is 2. The minimum Gasteiger partial charge on any atom is -0.468 e. The fourth-order valence-electron chi connectivity index (χ4n) is 2.61. The molecule has 1 aliphatic rings. The first-order valence-corrected chi connectivity index (χ1v) is 9.43. The second-order valence-corrected chi connectivity index (χ2v) is 7.22. The number of amides is 2. The number of nitrogens with one attached hydrogen (secondary N) is 1. The molecule has 2 aromatic rings. The Bertz CT molecular complexity index is 1040. The van der Waals surface area contributed by atoms with Crippen molar-refractivity contribution < 1.29 is 32.6 Å². The van der Waals surface area contributed by atoms with E-state index < -0.39 is 34.8 Å². The number of esters is 1. The number of carbonyl (C=O) groups is 3. The molecule has 1 heterocycles. The Hall–Kier alpha value is -3.24. The minimum atomic E-state index is -1.21. The maximum Gasteiger partial charge on any atom is 0.322 e. The second kappa shape index (κ2) is 9.06. The number of halogens is 2. The number of nitrogens with two attached hydrogens (primary N) is 1. The SMILES string of the molecule is COC(=O)C(N)Cc1ccc(Oc2ccc(/C=C3/SC(=O)NC3=O)cc2)c(F)c1F. The summed E-state index contributed by atoms with van der Waals surface area (Å²) in [5.74, 6) is -3.70. The molecule has 0 bridgehead atoms. The van der Waals surface area contributed by atoms with Crippen LogP contribution in [0, 0.1) is 11.6 Å². The smallest absolute Gasteiger partial charge is 0.322 e. The fraction of sp³-hybridized carbons (Fsp3) is 0.150. The number of ether oxygens (including phenoxy) is 2. The second-order valence-electron chi connectivity index (χ2n) is 6.21. The van der Waals surface area contributed by atoms with Crippen molar-refractivity contribution in [1.82, 2.24) is 5.32 Å². The van der Waals surface area contributed by atoms with Gasteiger partial charge in [-0.3, -0.25) is 19.7 Å². The van der Waals surface area contributed by atoms with Crippen LogP contribution in [0.3, 0.4) is 0 Å². The molecule has 3 N–H and O–H groups in total. The summed E-state index contributed by atoms with van der Waals surface area (Å²) >= 11 is 0.789. The number of thioether (sulfide) groups is 1. The molecule has 0 aliphatic carbocycles. The quantitative estimate of drug-likeness (QED) is 0.531. The minimum absolute atomic E-state index is 0.0818. The third kappa shape index (κ3) is 4.84. The zero-order valence-electron chi connectivity index (χ0n) is 15.6. The molecule has 0 radical (unpaired) electrons. The first-order valence-electron chi connectivity index (χ1n) is 8.61. The molecule has 1 fully saturated rings. The van der Waals surface area contributed by atoms with Crippen LogP contribution < -0.4 is 15.8 Å². The standard InChI is InChI=1S/C20H16F2N2O5S/c1-28-19(26)13(23)9-11-4-7-14(17(22)16(11)21)29-12-5-2-10(3-6-12)8-15-18(25)24-20(27)30-15/h2-8,13H,9,23H2,1H3,(H,24,25,27)/b15-8+. The van der Waals surface area contributed by atoms with Crippen molar-refractivity contribution in [2.24, 2.45) is 5.73 Å². The van der Waals surface area contributed by atoms with Crippen LogP contribution in [0.1, 0.15) is 11.1 Å². The van der Waals surface area contributed by atoms with Crippen LogP contribution in [0.5, 0.6) is 11.5 Å². The molecule has 1 aliphatic heterocycles. The zero-order chi connectivity index (χ0) is 21.8. The summed E-state index contributed by atoms with van der Waals surface area (Å²) in [6, 6.07) is 7.59. The Kier molecular flexibility index (Phi) is 6.48. The van der Waals surface area contributed by atoms with E-state index in [1.54, 1.807) is 12.1 Å². The van der Waals surface area contributed by atoms with Crippen molar-refractivity contribution in [2.75, 3.05) is 7.11 Å². The molecule has 156 valence electrons. The van der Waals surface area contributed by atoms with Gasteiger partial charge in [0.2, 0.25) is 5.82 Å². The Morgan fingerprint density at radius 1 is 1.17 bits per heavy atom. The highest BCUT2D eigenvalue weighted by molar-refractivity contribution is 8.18. The molecule has 3 rings (SSSR count). The van der Waals surface area contributed by atoms with Gasteiger partial charge in [-0.25, -0.2) is 4.39 Å². The van der Waals surface area contributed by atoms with E-state index >= 15 is 0 Å². The molecule has 7 nitrogen and oxygen atoms in total. The van der Waals surface area contributed by atoms with Crippen molar-refractivity contribution in [2.45, 2.75) is 12.5 Å². The fourth-order valence-corrected chi connectivity index (χ4v) is 3.29. The van der Waals surface area contributed by atoms with Crippen LogP contribution in [-0.4, -0.2) is 30.3 Å². The van der Waals surface area contributed by atoms with Gasteiger partial charge in [-0.2, -0.15) is 4.39 Å². The first-order chi connectivity index (χ1) is 14.3. The number of hydrogen-bond acceptors (Lipinski definition) is 7. The summed E-state index contributed by atoms with van der Waals surface area (Å²) in [6.45, 7) is 0. The van der Waals surface area contributed by atoms with Crippen molar-refractivity contribution in [3.63, 3.8) is 0 Å². The Morgan fingerprint density at radius 3 is 2.47 bits per heavy atom. The van der Waals surface area contributed by atoms with Crippen LogP contribution >= 0.6 is 11.8 Å². The molecule has 1 atom stereocenters. The lowest BCUT2D eigenvalue weighted by atomic mass is 10.1. The van der Waals surface area contributed by atoms with Crippen LogP contribution in [0.4, 0.5) is 13.6 Å². The van der Waals surface area contributed by atoms with Gasteiger partial charge < -0.3 is 15.2 Å². The molecule has 2 amide bonds. The summed E-state index contributed by atoms with van der Waals surface area (Å²) in [4.78, 5) is 34.3. The van der Waals surface area contributed by atoms with Gasteiger partial charge in [-0.15, -0.1) is 0 Å². The average Bonchev–Trinajstić information content (AvgIpc) is 3.04. The number of rotatable bonds is 6. The van der Waals surface area contributed by atoms with Crippen LogP contribution in [0.25, 0.3) is 6.08 Å². The monoisotopic (exact) mass is 434 g/mol. The summed E-state index contributed by atoms with van der Waals surface area (Å²) < 4.78 is 38.5. The molecule has 0 saturated carbocycles. The molecular formula is C20H16F2N2O5S. The predicted molar refractivity (Wildman–Crippen MR) is 106 cm³/mol. The lowest BCUT2D eigenvalue weighted by Crippen LogP contribution is -2.34. The highest BCUT2D eigenvalue weighted by Gasteiger charge is 2.25. The van der Waals surface area contributed by atoms with Crippen molar-refractivity contribution in [3.05, 3.63) is 64.1 Å². The van der Waals surface area contributed by atoms with Gasteiger partial charge in [0.25, 0.3) is 11.1 Å². The van der Waals surface area contributed by atoms with E-state index in [0.717, 1.165) is 18.9 Å². The van der Waals surface area contributed by atoms with Crippen LogP contribution in [-0.2, 0) is 20.7 Å². The lowest BCUT2D eigenvalue weighted by Gasteiger charge is -2.12. The topological polar surface area (TPSA) is 108 Å². The molecule has 10 heteroatoms. The summed E-state index contributed by atoms with van der Waals surface area (Å²) in [5.41, 5.74) is 6.12. The van der Waals surface area contributed by atoms with Gasteiger partial charge in [0.05, 0.1) is 12.0 Å². The Morgan fingerprint density at radius 2 is 1.87 bits per heavy atom. The molecule has 30 heavy (non-hydrogen) atoms. The highest BCUT2D eigenvalue weighted by atomic mass is 32.2. The summed E-state index contributed by atoms with van der Waals surface area (Å²) in [5, 5.41) is 1.71. The van der Waals surface area contributed by atoms with E-state index in [-0.39, 0.29) is 28.4 Å². The Balaban J connectivity index is 1.73. The third-order valence-corrected chi connectivity index (χ3v) is 4.93. The number of imide groups is 1. The molecule has 1 unspecified atom stereocenters. The summed E-state index contributed by atoms with van der Waals surface area (Å²) in [7, 11) is 1.15. The highest BCUT2D eigenvalue weighted by Crippen LogP contribution is 2.30. The van der Waals surface area contributed by atoms with Gasteiger partial charge >= 0.3 is 5.97 Å². The maximum atomic E-state index is 14.4. The Labute approximate surface area is 174 Å². The molecule has 0 aromatic heterocycles. The van der Waals surface area contributed by atoms with Gasteiger partial charge in [0.1, 0.15) is 11.8 Å². The molecular weight excluding hydrogens is 418 g/mol. The number of carbonyl (C=O) groups excluding carboxylic acids is 3. The van der Waals surface area contributed by atoms with E-state index in [2.05, 4.69) is 10.1 Å². The predicted octanol–water partition coefficient (Wildman–Crippen LogP) is 3.12. The number of benzene rings is 2. The average molecular weight is 434 g/mol. The number of methoxy groups -OCH3 is 1. The van der Waals surface area contributed by atoms with Crippen LogP contribution in [0.2, 0.25) is 0 Å². The van der Waals surface area contributed by atoms with Gasteiger partial charge in [0, 0.05) is 6.42 Å². The normalized spacial score (nSPS) is 15.8. The first kappa shape index (κ1) is 21.5. The summed E-state index contributed by atoms with van der Waals surface area (Å²) in [6.07, 6.45) is 1.29. The zero-order valence-corrected chi connectivity index (χ0v) is 16.4. The van der Waals surface area contributed by atoms with E-state index in [0.29, 0.717) is 5.56 Å². The van der Waals surface area contributed by atoms with Crippen molar-refractivity contribution in [3.8, 4) is 11.5 Å². The van der Waals surface area contributed by atoms with Crippen molar-refractivity contribution in [1.29, 1.82) is 0 Å². The molecule has 0 spiro atoms. The van der Waals surface area contributed by atoms with E-state index in [4.69, 9.17) is 10.5 Å². The van der Waals surface area contributed by atoms with E-state index in [9.17, 15) is 23.2 Å².